The van der Waals surface area contributed by atoms with Gasteiger partial charge in [-0.2, -0.15) is 0 Å². The molecule has 132 valence electrons. The zero-order chi connectivity index (χ0) is 18.1. The third kappa shape index (κ3) is 6.83. The molecule has 0 aliphatic rings. The molecule has 6 heteroatoms. The smallest absolute Gasteiger partial charge is 0.321 e. The van der Waals surface area contributed by atoms with Crippen molar-refractivity contribution in [2.75, 3.05) is 6.61 Å². The van der Waals surface area contributed by atoms with Gasteiger partial charge in [0.15, 0.2) is 0 Å². The van der Waals surface area contributed by atoms with Crippen LogP contribution in [0, 0.1) is 5.92 Å². The summed E-state index contributed by atoms with van der Waals surface area (Å²) in [4.78, 5) is 22.8. The van der Waals surface area contributed by atoms with E-state index in [1.165, 1.54) is 0 Å². The molecule has 0 spiro atoms. The molecule has 2 atom stereocenters. The summed E-state index contributed by atoms with van der Waals surface area (Å²) < 4.78 is 5.43. The zero-order valence-electron chi connectivity index (χ0n) is 14.1. The number of benzene rings is 1. The molecular formula is C18H25NO5. The lowest BCUT2D eigenvalue weighted by atomic mass is 10.0. The Hall–Kier alpha value is -2.34. The Labute approximate surface area is 142 Å². The van der Waals surface area contributed by atoms with Crippen LogP contribution >= 0.6 is 0 Å². The van der Waals surface area contributed by atoms with Crippen LogP contribution in [0.4, 0.5) is 0 Å². The van der Waals surface area contributed by atoms with Gasteiger partial charge < -0.3 is 14.9 Å². The molecular weight excluding hydrogens is 310 g/mol. The molecule has 0 radical (unpaired) electrons. The Morgan fingerprint density at radius 2 is 1.92 bits per heavy atom. The molecule has 0 aliphatic carbocycles. The number of hydrogen-bond donors (Lipinski definition) is 3. The SMILES string of the molecule is C=CCOc1cccc(CC(N[C@@H](CC(C)C)C(=O)O)C(=O)O)c1. The van der Waals surface area contributed by atoms with Crippen LogP contribution in [0.25, 0.3) is 0 Å². The van der Waals surface area contributed by atoms with Gasteiger partial charge >= 0.3 is 11.9 Å². The van der Waals surface area contributed by atoms with Crippen LogP contribution in [0.3, 0.4) is 0 Å². The highest BCUT2D eigenvalue weighted by molar-refractivity contribution is 5.77. The molecule has 0 fully saturated rings. The average molecular weight is 335 g/mol. The Morgan fingerprint density at radius 1 is 1.25 bits per heavy atom. The largest absolute Gasteiger partial charge is 0.490 e. The first-order valence-corrected chi connectivity index (χ1v) is 7.87. The highest BCUT2D eigenvalue weighted by Gasteiger charge is 2.26. The molecule has 0 saturated carbocycles. The standard InChI is InChI=1S/C18H25NO5/c1-4-8-24-14-7-5-6-13(10-14)11-16(18(22)23)19-15(17(20)21)9-12(2)3/h4-7,10,12,15-16,19H,1,8-9,11H2,2-3H3,(H,20,21)(H,22,23)/t15-,16?/m0/s1. The predicted molar refractivity (Wildman–Crippen MR) is 91.3 cm³/mol. The van der Waals surface area contributed by atoms with Gasteiger partial charge in [0, 0.05) is 0 Å². The maximum Gasteiger partial charge on any atom is 0.321 e. The molecule has 6 nitrogen and oxygen atoms in total. The first kappa shape index (κ1) is 19.7. The minimum atomic E-state index is -1.08. The Kier molecular flexibility index (Phi) is 7.98. The fourth-order valence-corrected chi connectivity index (χ4v) is 2.33. The van der Waals surface area contributed by atoms with Crippen LogP contribution in [-0.4, -0.2) is 40.8 Å². The van der Waals surface area contributed by atoms with Crippen molar-refractivity contribution in [3.8, 4) is 5.75 Å². The summed E-state index contributed by atoms with van der Waals surface area (Å²) in [6.45, 7) is 7.73. The molecule has 0 bridgehead atoms. The lowest BCUT2D eigenvalue weighted by Gasteiger charge is -2.22. The summed E-state index contributed by atoms with van der Waals surface area (Å²) in [6, 6.07) is 5.20. The number of aliphatic carboxylic acids is 2. The Bertz CT molecular complexity index is 570. The summed E-state index contributed by atoms with van der Waals surface area (Å²) in [7, 11) is 0. The van der Waals surface area contributed by atoms with Gasteiger partial charge in [0.2, 0.25) is 0 Å². The molecule has 24 heavy (non-hydrogen) atoms. The molecule has 1 aromatic carbocycles. The second kappa shape index (κ2) is 9.72. The molecule has 0 aliphatic heterocycles. The minimum Gasteiger partial charge on any atom is -0.490 e. The van der Waals surface area contributed by atoms with Gasteiger partial charge in [-0.1, -0.05) is 38.6 Å². The van der Waals surface area contributed by atoms with Gasteiger partial charge in [-0.05, 0) is 36.5 Å². The number of rotatable bonds is 11. The number of carbonyl (C=O) groups is 2. The van der Waals surface area contributed by atoms with Crippen molar-refractivity contribution < 1.29 is 24.5 Å². The fraction of sp³-hybridized carbons (Fsp3) is 0.444. The average Bonchev–Trinajstić information content (AvgIpc) is 2.51. The number of ether oxygens (including phenoxy) is 1. The number of carboxylic acids is 2. The maximum absolute atomic E-state index is 11.5. The van der Waals surface area contributed by atoms with Crippen LogP contribution in [0.15, 0.2) is 36.9 Å². The van der Waals surface area contributed by atoms with E-state index in [1.807, 2.05) is 13.8 Å². The van der Waals surface area contributed by atoms with E-state index in [-0.39, 0.29) is 12.3 Å². The summed E-state index contributed by atoms with van der Waals surface area (Å²) >= 11 is 0. The molecule has 0 amide bonds. The van der Waals surface area contributed by atoms with Crippen LogP contribution in [0.1, 0.15) is 25.8 Å². The normalized spacial score (nSPS) is 13.3. The molecule has 1 aromatic rings. The van der Waals surface area contributed by atoms with Gasteiger partial charge in [0.05, 0.1) is 0 Å². The summed E-state index contributed by atoms with van der Waals surface area (Å²) in [5, 5.41) is 21.4. The summed E-state index contributed by atoms with van der Waals surface area (Å²) in [6.07, 6.45) is 2.15. The predicted octanol–water partition coefficient (Wildman–Crippen LogP) is 2.34. The van der Waals surface area contributed by atoms with Gasteiger partial charge in [-0.3, -0.25) is 14.9 Å². The van der Waals surface area contributed by atoms with E-state index < -0.39 is 24.0 Å². The van der Waals surface area contributed by atoms with Gasteiger partial charge in [-0.25, -0.2) is 0 Å². The molecule has 1 unspecified atom stereocenters. The van der Waals surface area contributed by atoms with Gasteiger partial charge in [0.25, 0.3) is 0 Å². The first-order chi connectivity index (χ1) is 11.3. The highest BCUT2D eigenvalue weighted by Crippen LogP contribution is 2.16. The van der Waals surface area contributed by atoms with E-state index in [0.717, 1.165) is 5.56 Å². The van der Waals surface area contributed by atoms with E-state index >= 15 is 0 Å². The first-order valence-electron chi connectivity index (χ1n) is 7.87. The molecule has 0 heterocycles. The van der Waals surface area contributed by atoms with Crippen molar-refractivity contribution in [1.82, 2.24) is 5.32 Å². The third-order valence-corrected chi connectivity index (χ3v) is 3.41. The minimum absolute atomic E-state index is 0.142. The van der Waals surface area contributed by atoms with Crippen molar-refractivity contribution in [3.63, 3.8) is 0 Å². The van der Waals surface area contributed by atoms with E-state index in [9.17, 15) is 19.8 Å². The quantitative estimate of drug-likeness (QED) is 0.537. The number of carboxylic acid groups (broad SMARTS) is 2. The summed E-state index contributed by atoms with van der Waals surface area (Å²) in [5.41, 5.74) is 0.755. The number of hydrogen-bond acceptors (Lipinski definition) is 4. The fourth-order valence-electron chi connectivity index (χ4n) is 2.33. The maximum atomic E-state index is 11.5. The van der Waals surface area contributed by atoms with Crippen LogP contribution in [0.5, 0.6) is 5.75 Å². The van der Waals surface area contributed by atoms with E-state index in [0.29, 0.717) is 18.8 Å². The van der Waals surface area contributed by atoms with Gasteiger partial charge in [0.1, 0.15) is 24.4 Å². The number of nitrogens with one attached hydrogen (secondary N) is 1. The van der Waals surface area contributed by atoms with Crippen LogP contribution in [-0.2, 0) is 16.0 Å². The lowest BCUT2D eigenvalue weighted by molar-refractivity contribution is -0.142. The topological polar surface area (TPSA) is 95.9 Å². The Balaban J connectivity index is 2.83. The monoisotopic (exact) mass is 335 g/mol. The lowest BCUT2D eigenvalue weighted by Crippen LogP contribution is -2.48. The second-order valence-corrected chi connectivity index (χ2v) is 6.03. The molecule has 0 aromatic heterocycles. The molecule has 1 rings (SSSR count). The zero-order valence-corrected chi connectivity index (χ0v) is 14.1. The molecule has 3 N–H and O–H groups in total. The van der Waals surface area contributed by atoms with Gasteiger partial charge in [-0.15, -0.1) is 0 Å². The third-order valence-electron chi connectivity index (χ3n) is 3.41. The van der Waals surface area contributed by atoms with E-state index in [2.05, 4.69) is 11.9 Å². The van der Waals surface area contributed by atoms with Crippen molar-refractivity contribution >= 4 is 11.9 Å². The van der Waals surface area contributed by atoms with Crippen LogP contribution in [0.2, 0.25) is 0 Å². The second-order valence-electron chi connectivity index (χ2n) is 6.03. The van der Waals surface area contributed by atoms with E-state index in [1.54, 1.807) is 30.3 Å². The van der Waals surface area contributed by atoms with Crippen molar-refractivity contribution in [2.45, 2.75) is 38.8 Å². The summed E-state index contributed by atoms with van der Waals surface area (Å²) in [5.74, 6) is -1.36. The van der Waals surface area contributed by atoms with Crippen LogP contribution < -0.4 is 10.1 Å². The highest BCUT2D eigenvalue weighted by atomic mass is 16.5. The van der Waals surface area contributed by atoms with Crippen molar-refractivity contribution in [2.24, 2.45) is 5.92 Å². The Morgan fingerprint density at radius 3 is 2.46 bits per heavy atom. The van der Waals surface area contributed by atoms with Crippen molar-refractivity contribution in [3.05, 3.63) is 42.5 Å². The molecule has 0 saturated heterocycles. The van der Waals surface area contributed by atoms with Crippen molar-refractivity contribution in [1.29, 1.82) is 0 Å². The van der Waals surface area contributed by atoms with E-state index in [4.69, 9.17) is 4.74 Å².